The van der Waals surface area contributed by atoms with E-state index in [1.807, 2.05) is 0 Å². The molecule has 0 bridgehead atoms. The molecule has 1 heterocycles. The summed E-state index contributed by atoms with van der Waals surface area (Å²) in [6, 6.07) is 0. The van der Waals surface area contributed by atoms with Gasteiger partial charge in [-0.2, -0.15) is 0 Å². The van der Waals surface area contributed by atoms with E-state index in [9.17, 15) is 14.7 Å². The van der Waals surface area contributed by atoms with Crippen molar-refractivity contribution >= 4 is 11.6 Å². The summed E-state index contributed by atoms with van der Waals surface area (Å²) in [7, 11) is 1.75. The minimum Gasteiger partial charge on any atom is -0.383 e. The Hall–Kier alpha value is -1.76. The maximum atomic E-state index is 11.2. The van der Waals surface area contributed by atoms with Crippen molar-refractivity contribution in [3.63, 3.8) is 0 Å². The summed E-state index contributed by atoms with van der Waals surface area (Å²) in [6.07, 6.45) is 1.72. The first-order chi connectivity index (χ1) is 7.49. The van der Waals surface area contributed by atoms with Crippen LogP contribution in [0.15, 0.2) is 12.7 Å². The SMILES string of the molecule is CC(=O)CC(=O)C(O)CNn1cn[n+](C)c1. The van der Waals surface area contributed by atoms with E-state index in [2.05, 4.69) is 10.5 Å². The first-order valence-corrected chi connectivity index (χ1v) is 4.83. The second-order valence-corrected chi connectivity index (χ2v) is 3.55. The Labute approximate surface area is 92.7 Å². The first kappa shape index (κ1) is 12.3. The molecule has 0 aliphatic carbocycles. The summed E-state index contributed by atoms with van der Waals surface area (Å²) < 4.78 is 3.08. The Kier molecular flexibility index (Phi) is 4.12. The number of carbonyl (C=O) groups excluding carboxylic acids is 2. The molecule has 0 spiro atoms. The Morgan fingerprint density at radius 3 is 2.81 bits per heavy atom. The minimum absolute atomic E-state index is 0.0441. The molecule has 0 saturated carbocycles. The van der Waals surface area contributed by atoms with Gasteiger partial charge in [0, 0.05) is 0 Å². The van der Waals surface area contributed by atoms with Gasteiger partial charge in [0.15, 0.2) is 5.78 Å². The largest absolute Gasteiger partial charge is 0.383 e. The molecular weight excluding hydrogens is 212 g/mol. The summed E-state index contributed by atoms with van der Waals surface area (Å²) in [6.45, 7) is 1.36. The van der Waals surface area contributed by atoms with Crippen LogP contribution in [-0.2, 0) is 16.6 Å². The zero-order valence-corrected chi connectivity index (χ0v) is 9.25. The molecule has 0 aliphatic rings. The number of Topliss-reactive ketones (excluding diaryl/α,β-unsaturated/α-hetero) is 2. The van der Waals surface area contributed by atoms with Crippen LogP contribution in [0, 0.1) is 0 Å². The minimum atomic E-state index is -1.18. The highest BCUT2D eigenvalue weighted by Gasteiger charge is 2.17. The molecule has 1 aromatic rings. The molecule has 0 radical (unpaired) electrons. The topological polar surface area (TPSA) is 88.1 Å². The van der Waals surface area contributed by atoms with Gasteiger partial charge in [-0.3, -0.25) is 15.0 Å². The van der Waals surface area contributed by atoms with Crippen LogP contribution in [0.25, 0.3) is 0 Å². The van der Waals surface area contributed by atoms with Crippen molar-refractivity contribution in [2.45, 2.75) is 19.4 Å². The molecule has 88 valence electrons. The molecule has 0 aromatic carbocycles. The zero-order chi connectivity index (χ0) is 12.1. The van der Waals surface area contributed by atoms with E-state index in [0.717, 1.165) is 0 Å². The van der Waals surface area contributed by atoms with Gasteiger partial charge < -0.3 is 5.11 Å². The fraction of sp³-hybridized carbons (Fsp3) is 0.556. The standard InChI is InChI=1S/C9H15N4O3/c1-7(14)3-8(15)9(16)4-10-13-5-11-12(2)6-13/h5-6,9-10,16H,3-4H2,1-2H3/q+1. The Morgan fingerprint density at radius 2 is 2.31 bits per heavy atom. The number of rotatable bonds is 6. The molecule has 7 nitrogen and oxygen atoms in total. The second-order valence-electron chi connectivity index (χ2n) is 3.55. The van der Waals surface area contributed by atoms with Gasteiger partial charge in [0.25, 0.3) is 6.33 Å². The predicted molar refractivity (Wildman–Crippen MR) is 53.9 cm³/mol. The molecule has 0 fully saturated rings. The van der Waals surface area contributed by atoms with Gasteiger partial charge in [0.1, 0.15) is 18.9 Å². The van der Waals surface area contributed by atoms with Crippen LogP contribution in [0.3, 0.4) is 0 Å². The number of carbonyl (C=O) groups is 2. The second kappa shape index (κ2) is 5.36. The zero-order valence-electron chi connectivity index (χ0n) is 9.25. The lowest BCUT2D eigenvalue weighted by Crippen LogP contribution is -2.34. The van der Waals surface area contributed by atoms with E-state index in [1.165, 1.54) is 17.9 Å². The molecular formula is C9H15N4O3+. The Bertz CT molecular complexity index is 388. The van der Waals surface area contributed by atoms with Crippen molar-refractivity contribution in [3.8, 4) is 0 Å². The van der Waals surface area contributed by atoms with E-state index in [4.69, 9.17) is 0 Å². The van der Waals surface area contributed by atoms with Gasteiger partial charge in [0.2, 0.25) is 6.33 Å². The van der Waals surface area contributed by atoms with Gasteiger partial charge in [-0.1, -0.05) is 0 Å². The van der Waals surface area contributed by atoms with Crippen LogP contribution in [0.2, 0.25) is 0 Å². The fourth-order valence-corrected chi connectivity index (χ4v) is 1.13. The fourth-order valence-electron chi connectivity index (χ4n) is 1.13. The van der Waals surface area contributed by atoms with Gasteiger partial charge in [-0.15, -0.1) is 9.36 Å². The molecule has 2 N–H and O–H groups in total. The van der Waals surface area contributed by atoms with Gasteiger partial charge in [-0.25, -0.2) is 0 Å². The number of nitrogens with one attached hydrogen (secondary N) is 1. The van der Waals surface area contributed by atoms with E-state index in [-0.39, 0.29) is 18.7 Å². The van der Waals surface area contributed by atoms with Crippen molar-refractivity contribution in [2.24, 2.45) is 7.05 Å². The highest BCUT2D eigenvalue weighted by molar-refractivity contribution is 6.00. The van der Waals surface area contributed by atoms with Crippen LogP contribution in [0.1, 0.15) is 13.3 Å². The summed E-state index contributed by atoms with van der Waals surface area (Å²) in [5.41, 5.74) is 2.77. The third-order valence-corrected chi connectivity index (χ3v) is 1.91. The molecule has 0 aliphatic heterocycles. The molecule has 1 rings (SSSR count). The van der Waals surface area contributed by atoms with Crippen LogP contribution in [0.4, 0.5) is 0 Å². The third-order valence-electron chi connectivity index (χ3n) is 1.91. The van der Waals surface area contributed by atoms with E-state index in [0.29, 0.717) is 0 Å². The number of aliphatic hydroxyl groups excluding tert-OH is 1. The van der Waals surface area contributed by atoms with Gasteiger partial charge in [-0.05, 0) is 12.0 Å². The molecule has 0 saturated heterocycles. The first-order valence-electron chi connectivity index (χ1n) is 4.83. The molecule has 7 heteroatoms. The van der Waals surface area contributed by atoms with Crippen LogP contribution in [-0.4, -0.2) is 39.1 Å². The maximum absolute atomic E-state index is 11.2. The monoisotopic (exact) mass is 227 g/mol. The summed E-state index contributed by atoms with van der Waals surface area (Å²) >= 11 is 0. The van der Waals surface area contributed by atoms with E-state index < -0.39 is 11.9 Å². The lowest BCUT2D eigenvalue weighted by molar-refractivity contribution is -0.728. The van der Waals surface area contributed by atoms with Gasteiger partial charge in [0.05, 0.1) is 13.0 Å². The quantitative estimate of drug-likeness (QED) is 0.440. The van der Waals surface area contributed by atoms with Crippen LogP contribution < -0.4 is 10.1 Å². The number of aromatic nitrogens is 3. The average molecular weight is 227 g/mol. The van der Waals surface area contributed by atoms with Crippen molar-refractivity contribution in [3.05, 3.63) is 12.7 Å². The normalized spacial score (nSPS) is 12.2. The lowest BCUT2D eigenvalue weighted by atomic mass is 10.1. The average Bonchev–Trinajstić information content (AvgIpc) is 2.59. The predicted octanol–water partition coefficient (Wildman–Crippen LogP) is -1.84. The number of ketones is 2. The molecule has 16 heavy (non-hydrogen) atoms. The summed E-state index contributed by atoms with van der Waals surface area (Å²) in [4.78, 5) is 21.9. The maximum Gasteiger partial charge on any atom is 0.289 e. The summed E-state index contributed by atoms with van der Waals surface area (Å²) in [5, 5.41) is 13.3. The number of hydrogen-bond acceptors (Lipinski definition) is 5. The molecule has 0 amide bonds. The van der Waals surface area contributed by atoms with Crippen LogP contribution >= 0.6 is 0 Å². The highest BCUT2D eigenvalue weighted by Crippen LogP contribution is 1.92. The van der Waals surface area contributed by atoms with Crippen molar-refractivity contribution in [1.29, 1.82) is 0 Å². The highest BCUT2D eigenvalue weighted by atomic mass is 16.3. The number of aliphatic hydroxyl groups is 1. The van der Waals surface area contributed by atoms with Crippen LogP contribution in [0.5, 0.6) is 0 Å². The third kappa shape index (κ3) is 3.77. The smallest absolute Gasteiger partial charge is 0.289 e. The molecule has 1 aromatic heterocycles. The van der Waals surface area contributed by atoms with Crippen molar-refractivity contribution in [2.75, 3.05) is 12.0 Å². The molecule has 1 unspecified atom stereocenters. The van der Waals surface area contributed by atoms with Crippen molar-refractivity contribution < 1.29 is 19.4 Å². The molecule has 1 atom stereocenters. The lowest BCUT2D eigenvalue weighted by Gasteiger charge is -2.07. The number of nitrogens with zero attached hydrogens (tertiary/aromatic N) is 3. The summed E-state index contributed by atoms with van der Waals surface area (Å²) in [5.74, 6) is -0.734. The Morgan fingerprint density at radius 1 is 1.62 bits per heavy atom. The van der Waals surface area contributed by atoms with E-state index in [1.54, 1.807) is 18.1 Å². The number of hydrogen-bond donors (Lipinski definition) is 2. The van der Waals surface area contributed by atoms with E-state index >= 15 is 0 Å². The van der Waals surface area contributed by atoms with Gasteiger partial charge >= 0.3 is 0 Å². The Balaban J connectivity index is 2.37. The van der Waals surface area contributed by atoms with Crippen molar-refractivity contribution in [1.82, 2.24) is 9.77 Å². The number of aryl methyl sites for hydroxylation is 1.